The number of para-hydroxylation sites is 1. The number of carboxylic acid groups (broad SMARTS) is 1. The number of nitrogens with one attached hydrogen (secondary N) is 1. The van der Waals surface area contributed by atoms with Crippen molar-refractivity contribution in [2.75, 3.05) is 19.8 Å². The number of benzene rings is 1. The minimum atomic E-state index is -5.08. The fourth-order valence-corrected chi connectivity index (χ4v) is 4.09. The van der Waals surface area contributed by atoms with E-state index in [1.165, 1.54) is 11.3 Å². The third-order valence-corrected chi connectivity index (χ3v) is 5.91. The summed E-state index contributed by atoms with van der Waals surface area (Å²) in [6, 6.07) is 7.12. The van der Waals surface area contributed by atoms with Gasteiger partial charge in [-0.25, -0.2) is 9.78 Å². The number of amides is 1. The van der Waals surface area contributed by atoms with Crippen molar-refractivity contribution in [3.8, 4) is 0 Å². The second-order valence-corrected chi connectivity index (χ2v) is 8.44. The Morgan fingerprint density at radius 1 is 1.27 bits per heavy atom. The molecule has 0 radical (unpaired) electrons. The van der Waals surface area contributed by atoms with E-state index < -0.39 is 18.2 Å². The van der Waals surface area contributed by atoms with E-state index in [9.17, 15) is 22.8 Å². The quantitative estimate of drug-likeness (QED) is 0.383. The first-order valence-corrected chi connectivity index (χ1v) is 11.2. The molecule has 4 N–H and O–H groups in total. The van der Waals surface area contributed by atoms with Gasteiger partial charge in [-0.05, 0) is 50.8 Å². The van der Waals surface area contributed by atoms with Crippen LogP contribution in [0.2, 0.25) is 0 Å². The van der Waals surface area contributed by atoms with Gasteiger partial charge in [-0.3, -0.25) is 9.59 Å². The van der Waals surface area contributed by atoms with Crippen LogP contribution >= 0.6 is 11.3 Å². The highest BCUT2D eigenvalue weighted by atomic mass is 32.1. The van der Waals surface area contributed by atoms with Gasteiger partial charge in [0, 0.05) is 6.61 Å². The number of carbonyl (C=O) groups is 3. The number of fused-ring (bicyclic) bond motifs is 1. The van der Waals surface area contributed by atoms with E-state index in [1.54, 1.807) is 0 Å². The number of aromatic nitrogens is 1. The maximum atomic E-state index is 13.0. The lowest BCUT2D eigenvalue weighted by molar-refractivity contribution is -0.192. The molecule has 0 bridgehead atoms. The summed E-state index contributed by atoms with van der Waals surface area (Å²) in [6.45, 7) is 1.71. The molecule has 182 valence electrons. The lowest BCUT2D eigenvalue weighted by Gasteiger charge is -2.24. The van der Waals surface area contributed by atoms with Gasteiger partial charge in [0.05, 0.1) is 28.8 Å². The fraction of sp³-hybridized carbons (Fsp3) is 0.524. The van der Waals surface area contributed by atoms with Gasteiger partial charge < -0.3 is 20.9 Å². The van der Waals surface area contributed by atoms with Crippen LogP contribution in [0, 0.1) is 5.92 Å². The number of hydrogen-bond acceptors (Lipinski definition) is 7. The molecule has 1 amide bonds. The highest BCUT2D eigenvalue weighted by Crippen LogP contribution is 2.24. The molecular formula is C21H26F3N3O5S. The molecule has 0 aliphatic carbocycles. The largest absolute Gasteiger partial charge is 0.490 e. The van der Waals surface area contributed by atoms with E-state index in [4.69, 9.17) is 20.4 Å². The van der Waals surface area contributed by atoms with E-state index >= 15 is 0 Å². The van der Waals surface area contributed by atoms with Crippen molar-refractivity contribution >= 4 is 39.2 Å². The van der Waals surface area contributed by atoms with Crippen LogP contribution in [0.3, 0.4) is 0 Å². The van der Waals surface area contributed by atoms with Crippen LogP contribution in [-0.4, -0.2) is 59.7 Å². The van der Waals surface area contributed by atoms with Crippen molar-refractivity contribution in [1.29, 1.82) is 0 Å². The first-order chi connectivity index (χ1) is 15.6. The Kier molecular flexibility index (Phi) is 10.2. The summed E-state index contributed by atoms with van der Waals surface area (Å²) in [5.41, 5.74) is 6.39. The first-order valence-electron chi connectivity index (χ1n) is 10.4. The maximum absolute atomic E-state index is 13.0. The van der Waals surface area contributed by atoms with Gasteiger partial charge in [0.15, 0.2) is 5.01 Å². The van der Waals surface area contributed by atoms with Gasteiger partial charge in [0.2, 0.25) is 11.7 Å². The molecule has 1 aliphatic rings. The number of carboxylic acids is 1. The Morgan fingerprint density at radius 3 is 2.55 bits per heavy atom. The number of unbranched alkanes of at least 4 members (excludes halogenated alkanes) is 1. The molecule has 2 atom stereocenters. The molecule has 2 heterocycles. The zero-order chi connectivity index (χ0) is 24.4. The molecule has 8 nitrogen and oxygen atoms in total. The number of hydrogen-bond donors (Lipinski definition) is 3. The van der Waals surface area contributed by atoms with Crippen molar-refractivity contribution < 1.29 is 37.4 Å². The molecule has 1 saturated heterocycles. The Balaban J connectivity index is 0.000000479. The molecule has 1 fully saturated rings. The normalized spacial score (nSPS) is 17.0. The van der Waals surface area contributed by atoms with Crippen molar-refractivity contribution in [3.05, 3.63) is 29.3 Å². The molecule has 3 rings (SSSR count). The van der Waals surface area contributed by atoms with Crippen molar-refractivity contribution in [2.24, 2.45) is 11.7 Å². The second kappa shape index (κ2) is 12.6. The van der Waals surface area contributed by atoms with Crippen LogP contribution < -0.4 is 11.1 Å². The zero-order valence-electron chi connectivity index (χ0n) is 17.8. The third kappa shape index (κ3) is 8.37. The van der Waals surface area contributed by atoms with Gasteiger partial charge in [-0.15, -0.1) is 11.3 Å². The van der Waals surface area contributed by atoms with Gasteiger partial charge in [0.1, 0.15) is 0 Å². The van der Waals surface area contributed by atoms with Crippen LogP contribution in [0.25, 0.3) is 10.2 Å². The summed E-state index contributed by atoms with van der Waals surface area (Å²) in [7, 11) is 0. The SMILES string of the molecule is NCCCC[C@H](NC(=O)C1CCCOC1)C(=O)c1nc2ccccc2s1.O=C(O)C(F)(F)F. The second-order valence-electron chi connectivity index (χ2n) is 7.41. The Hall–Kier alpha value is -2.57. The summed E-state index contributed by atoms with van der Waals surface area (Å²) < 4.78 is 38.1. The lowest BCUT2D eigenvalue weighted by Crippen LogP contribution is -2.45. The summed E-state index contributed by atoms with van der Waals surface area (Å²) in [5, 5.41) is 10.5. The van der Waals surface area contributed by atoms with Crippen molar-refractivity contribution in [2.45, 2.75) is 44.3 Å². The Morgan fingerprint density at radius 2 is 1.97 bits per heavy atom. The average molecular weight is 490 g/mol. The van der Waals surface area contributed by atoms with E-state index in [0.717, 1.165) is 35.9 Å². The van der Waals surface area contributed by atoms with Crippen molar-refractivity contribution in [3.63, 3.8) is 0 Å². The van der Waals surface area contributed by atoms with E-state index in [2.05, 4.69) is 10.3 Å². The van der Waals surface area contributed by atoms with E-state index in [-0.39, 0.29) is 17.6 Å². The smallest absolute Gasteiger partial charge is 0.475 e. The van der Waals surface area contributed by atoms with Crippen LogP contribution in [0.4, 0.5) is 13.2 Å². The minimum Gasteiger partial charge on any atom is -0.475 e. The number of carbonyl (C=O) groups excluding carboxylic acids is 2. The monoisotopic (exact) mass is 489 g/mol. The number of halogens is 3. The summed E-state index contributed by atoms with van der Waals surface area (Å²) in [4.78, 5) is 38.9. The summed E-state index contributed by atoms with van der Waals surface area (Å²) >= 11 is 1.37. The lowest BCUT2D eigenvalue weighted by atomic mass is 9.99. The predicted octanol–water partition coefficient (Wildman–Crippen LogP) is 3.15. The Labute approximate surface area is 192 Å². The van der Waals surface area contributed by atoms with Gasteiger partial charge in [0.25, 0.3) is 0 Å². The molecule has 1 aromatic heterocycles. The molecule has 1 unspecified atom stereocenters. The molecule has 2 aromatic rings. The average Bonchev–Trinajstić information content (AvgIpc) is 3.22. The molecular weight excluding hydrogens is 463 g/mol. The number of aliphatic carboxylic acids is 1. The number of ether oxygens (including phenoxy) is 1. The highest BCUT2D eigenvalue weighted by molar-refractivity contribution is 7.20. The number of rotatable bonds is 8. The Bertz CT molecular complexity index is 912. The topological polar surface area (TPSA) is 132 Å². The standard InChI is InChI=1S/C19H25N3O3S.C2HF3O2/c20-10-4-3-8-15(21-18(24)13-6-5-11-25-12-13)17(23)19-22-14-7-1-2-9-16(14)26-19;3-2(4,5)1(6)7/h1-2,7,9,13,15H,3-6,8,10-12,20H2,(H,21,24);(H,6,7)/t13?,15-;/m0./s1. The number of nitrogens with zero attached hydrogens (tertiary/aromatic N) is 1. The fourth-order valence-electron chi connectivity index (χ4n) is 3.13. The number of Topliss-reactive ketones (excluding diaryl/α,β-unsaturated/α-hetero) is 1. The molecule has 0 saturated carbocycles. The van der Waals surface area contributed by atoms with Gasteiger partial charge in [-0.1, -0.05) is 12.1 Å². The van der Waals surface area contributed by atoms with Crippen LogP contribution in [-0.2, 0) is 14.3 Å². The third-order valence-electron chi connectivity index (χ3n) is 4.86. The highest BCUT2D eigenvalue weighted by Gasteiger charge is 2.38. The zero-order valence-corrected chi connectivity index (χ0v) is 18.6. The predicted molar refractivity (Wildman–Crippen MR) is 116 cm³/mol. The van der Waals surface area contributed by atoms with Crippen molar-refractivity contribution in [1.82, 2.24) is 10.3 Å². The maximum Gasteiger partial charge on any atom is 0.490 e. The minimum absolute atomic E-state index is 0.100. The molecule has 1 aromatic carbocycles. The van der Waals surface area contributed by atoms with Gasteiger partial charge >= 0.3 is 12.1 Å². The molecule has 0 spiro atoms. The van der Waals surface area contributed by atoms with E-state index in [1.807, 2.05) is 24.3 Å². The van der Waals surface area contributed by atoms with Crippen LogP contribution in [0.5, 0.6) is 0 Å². The number of nitrogens with two attached hydrogens (primary N) is 1. The summed E-state index contributed by atoms with van der Waals surface area (Å²) in [5.74, 6) is -3.15. The first kappa shape index (κ1) is 26.7. The number of alkyl halides is 3. The molecule has 33 heavy (non-hydrogen) atoms. The van der Waals surface area contributed by atoms with Gasteiger partial charge in [-0.2, -0.15) is 13.2 Å². The molecule has 1 aliphatic heterocycles. The van der Waals surface area contributed by atoms with Crippen LogP contribution in [0.15, 0.2) is 24.3 Å². The molecule has 12 heteroatoms. The number of ketones is 1. The summed E-state index contributed by atoms with van der Waals surface area (Å²) in [6.07, 6.45) is -1.21. The van der Waals surface area contributed by atoms with E-state index in [0.29, 0.717) is 31.2 Å². The number of thiazole rings is 1. The van der Waals surface area contributed by atoms with Crippen LogP contribution in [0.1, 0.15) is 41.9 Å².